The summed E-state index contributed by atoms with van der Waals surface area (Å²) in [5, 5.41) is 3.61. The maximum absolute atomic E-state index is 12.0. The van der Waals surface area contributed by atoms with E-state index >= 15 is 0 Å². The molecule has 0 saturated carbocycles. The van der Waals surface area contributed by atoms with Crippen LogP contribution in [0.4, 0.5) is 10.9 Å². The Morgan fingerprint density at radius 1 is 1.47 bits per heavy atom. The molecule has 0 aliphatic carbocycles. The predicted molar refractivity (Wildman–Crippen MR) is 78.9 cm³/mol. The van der Waals surface area contributed by atoms with Crippen molar-refractivity contribution in [3.63, 3.8) is 0 Å². The highest BCUT2D eigenvalue weighted by molar-refractivity contribution is 7.18. The smallest absolute Gasteiger partial charge is 0.265 e. The van der Waals surface area contributed by atoms with Gasteiger partial charge in [-0.05, 0) is 20.3 Å². The summed E-state index contributed by atoms with van der Waals surface area (Å²) in [4.78, 5) is 18.8. The van der Waals surface area contributed by atoms with Crippen LogP contribution < -0.4 is 16.0 Å². The van der Waals surface area contributed by atoms with E-state index < -0.39 is 0 Å². The summed E-state index contributed by atoms with van der Waals surface area (Å²) in [6.07, 6.45) is 0.782. The summed E-state index contributed by atoms with van der Waals surface area (Å²) in [5.74, 6) is 0.139. The molecule has 6 nitrogen and oxygen atoms in total. The van der Waals surface area contributed by atoms with Crippen molar-refractivity contribution in [2.24, 2.45) is 0 Å². The minimum absolute atomic E-state index is 0.162. The van der Waals surface area contributed by atoms with Gasteiger partial charge in [-0.15, -0.1) is 0 Å². The van der Waals surface area contributed by atoms with Crippen molar-refractivity contribution in [3.05, 3.63) is 4.88 Å². The number of nitrogens with two attached hydrogens (primary N) is 1. The number of nitrogens with one attached hydrogen (secondary N) is 1. The number of methoxy groups -OCH3 is 1. The second-order valence-corrected chi connectivity index (χ2v) is 4.96. The van der Waals surface area contributed by atoms with Crippen LogP contribution in [0.5, 0.6) is 0 Å². The van der Waals surface area contributed by atoms with Crippen LogP contribution in [-0.2, 0) is 4.74 Å². The standard InChI is InChI=1S/C12H22N4O2S/c1-4-16(5-2)12-15-10(13)9(19-12)11(17)14-7-6-8-18-3/h4-8,13H2,1-3H3,(H,14,17). The summed E-state index contributed by atoms with van der Waals surface area (Å²) in [7, 11) is 1.64. The number of carbonyl (C=O) groups is 1. The Balaban J connectivity index is 2.64. The van der Waals surface area contributed by atoms with Crippen LogP contribution in [0.1, 0.15) is 29.9 Å². The molecule has 0 atom stereocenters. The summed E-state index contributed by atoms with van der Waals surface area (Å²) >= 11 is 1.34. The second-order valence-electron chi connectivity index (χ2n) is 3.99. The van der Waals surface area contributed by atoms with Crippen molar-refractivity contribution in [1.82, 2.24) is 10.3 Å². The zero-order chi connectivity index (χ0) is 14.3. The summed E-state index contributed by atoms with van der Waals surface area (Å²) in [6, 6.07) is 0. The number of hydrogen-bond acceptors (Lipinski definition) is 6. The van der Waals surface area contributed by atoms with E-state index in [0.29, 0.717) is 23.8 Å². The van der Waals surface area contributed by atoms with Gasteiger partial charge in [0, 0.05) is 33.4 Å². The molecule has 108 valence electrons. The zero-order valence-corrected chi connectivity index (χ0v) is 12.5. The fourth-order valence-corrected chi connectivity index (χ4v) is 2.64. The molecular formula is C12H22N4O2S. The lowest BCUT2D eigenvalue weighted by atomic mass is 10.4. The Hall–Kier alpha value is -1.34. The van der Waals surface area contributed by atoms with E-state index in [1.54, 1.807) is 7.11 Å². The van der Waals surface area contributed by atoms with E-state index in [0.717, 1.165) is 24.6 Å². The van der Waals surface area contributed by atoms with Gasteiger partial charge in [-0.1, -0.05) is 11.3 Å². The van der Waals surface area contributed by atoms with E-state index in [9.17, 15) is 4.79 Å². The number of anilines is 2. The molecule has 0 radical (unpaired) electrons. The Morgan fingerprint density at radius 3 is 2.74 bits per heavy atom. The van der Waals surface area contributed by atoms with Crippen molar-refractivity contribution < 1.29 is 9.53 Å². The summed E-state index contributed by atoms with van der Waals surface area (Å²) in [5.41, 5.74) is 5.81. The summed E-state index contributed by atoms with van der Waals surface area (Å²) < 4.78 is 4.93. The molecule has 7 heteroatoms. The molecule has 0 spiro atoms. The van der Waals surface area contributed by atoms with E-state index in [1.807, 2.05) is 13.8 Å². The van der Waals surface area contributed by atoms with E-state index in [4.69, 9.17) is 10.5 Å². The van der Waals surface area contributed by atoms with Crippen LogP contribution in [0.25, 0.3) is 0 Å². The molecule has 0 fully saturated rings. The van der Waals surface area contributed by atoms with Crippen LogP contribution in [0.2, 0.25) is 0 Å². The number of nitrogens with zero attached hydrogens (tertiary/aromatic N) is 2. The van der Waals surface area contributed by atoms with Crippen LogP contribution >= 0.6 is 11.3 Å². The number of hydrogen-bond donors (Lipinski definition) is 2. The Labute approximate surface area is 118 Å². The van der Waals surface area contributed by atoms with Crippen LogP contribution in [-0.4, -0.2) is 44.2 Å². The number of amides is 1. The van der Waals surface area contributed by atoms with Gasteiger partial charge >= 0.3 is 0 Å². The number of thiazole rings is 1. The normalized spacial score (nSPS) is 10.5. The maximum atomic E-state index is 12.0. The lowest BCUT2D eigenvalue weighted by molar-refractivity contribution is 0.0953. The minimum atomic E-state index is -0.162. The highest BCUT2D eigenvalue weighted by Gasteiger charge is 2.17. The third-order valence-electron chi connectivity index (χ3n) is 2.69. The molecule has 0 unspecified atom stereocenters. The van der Waals surface area contributed by atoms with Crippen LogP contribution in [0.15, 0.2) is 0 Å². The Kier molecular flexibility index (Phi) is 6.58. The van der Waals surface area contributed by atoms with Crippen LogP contribution in [0.3, 0.4) is 0 Å². The van der Waals surface area contributed by atoms with Gasteiger partial charge < -0.3 is 20.7 Å². The lowest BCUT2D eigenvalue weighted by Crippen LogP contribution is -2.25. The number of nitrogen functional groups attached to an aromatic ring is 1. The van der Waals surface area contributed by atoms with Crippen molar-refractivity contribution in [2.45, 2.75) is 20.3 Å². The van der Waals surface area contributed by atoms with Gasteiger partial charge in [0.2, 0.25) is 0 Å². The average Bonchev–Trinajstić information content (AvgIpc) is 2.78. The van der Waals surface area contributed by atoms with Crippen molar-refractivity contribution in [3.8, 4) is 0 Å². The molecule has 1 rings (SSSR count). The molecule has 19 heavy (non-hydrogen) atoms. The van der Waals surface area contributed by atoms with Gasteiger partial charge in [-0.25, -0.2) is 4.98 Å². The minimum Gasteiger partial charge on any atom is -0.385 e. The second kappa shape index (κ2) is 7.96. The highest BCUT2D eigenvalue weighted by atomic mass is 32.1. The number of ether oxygens (including phenoxy) is 1. The number of aromatic nitrogens is 1. The van der Waals surface area contributed by atoms with Gasteiger partial charge in [-0.2, -0.15) is 0 Å². The first kappa shape index (κ1) is 15.7. The molecule has 0 aliphatic rings. The molecule has 1 amide bonds. The van der Waals surface area contributed by atoms with E-state index in [2.05, 4.69) is 15.2 Å². The first-order chi connectivity index (χ1) is 9.13. The number of rotatable bonds is 8. The molecular weight excluding hydrogens is 264 g/mol. The molecule has 0 bridgehead atoms. The largest absolute Gasteiger partial charge is 0.385 e. The zero-order valence-electron chi connectivity index (χ0n) is 11.7. The number of carbonyl (C=O) groups excluding carboxylic acids is 1. The monoisotopic (exact) mass is 286 g/mol. The van der Waals surface area contributed by atoms with E-state index in [-0.39, 0.29) is 5.91 Å². The molecule has 3 N–H and O–H groups in total. The lowest BCUT2D eigenvalue weighted by Gasteiger charge is -2.16. The quantitative estimate of drug-likeness (QED) is 0.705. The van der Waals surface area contributed by atoms with Gasteiger partial charge in [0.05, 0.1) is 0 Å². The summed E-state index contributed by atoms with van der Waals surface area (Å²) in [6.45, 7) is 6.99. The van der Waals surface area contributed by atoms with Crippen molar-refractivity contribution in [1.29, 1.82) is 0 Å². The molecule has 1 heterocycles. The Bertz CT molecular complexity index is 404. The maximum Gasteiger partial charge on any atom is 0.265 e. The topological polar surface area (TPSA) is 80.5 Å². The van der Waals surface area contributed by atoms with Crippen molar-refractivity contribution >= 4 is 28.2 Å². The van der Waals surface area contributed by atoms with Gasteiger partial charge in [0.25, 0.3) is 5.91 Å². The molecule has 1 aromatic rings. The molecule has 1 aromatic heterocycles. The predicted octanol–water partition coefficient (Wildman–Crippen LogP) is 1.34. The SMILES string of the molecule is CCN(CC)c1nc(N)c(C(=O)NCCCOC)s1. The van der Waals surface area contributed by atoms with Gasteiger partial charge in [-0.3, -0.25) is 4.79 Å². The van der Waals surface area contributed by atoms with Gasteiger partial charge in [0.15, 0.2) is 5.13 Å². The third kappa shape index (κ3) is 4.36. The van der Waals surface area contributed by atoms with Crippen molar-refractivity contribution in [2.75, 3.05) is 44.0 Å². The first-order valence-electron chi connectivity index (χ1n) is 6.42. The fourth-order valence-electron chi connectivity index (χ4n) is 1.61. The van der Waals surface area contributed by atoms with E-state index in [1.165, 1.54) is 11.3 Å². The average molecular weight is 286 g/mol. The van der Waals surface area contributed by atoms with Crippen LogP contribution in [0, 0.1) is 0 Å². The molecule has 0 aliphatic heterocycles. The molecule has 0 saturated heterocycles. The Morgan fingerprint density at radius 2 is 2.16 bits per heavy atom. The highest BCUT2D eigenvalue weighted by Crippen LogP contribution is 2.27. The third-order valence-corrected chi connectivity index (χ3v) is 3.82. The first-order valence-corrected chi connectivity index (χ1v) is 7.24. The van der Waals surface area contributed by atoms with Gasteiger partial charge in [0.1, 0.15) is 10.7 Å². The fraction of sp³-hybridized carbons (Fsp3) is 0.667. The molecule has 0 aromatic carbocycles.